The normalized spacial score (nSPS) is 13.9. The van der Waals surface area contributed by atoms with E-state index >= 15 is 0 Å². The summed E-state index contributed by atoms with van der Waals surface area (Å²) in [6, 6.07) is 20.4. The van der Waals surface area contributed by atoms with Gasteiger partial charge in [0.2, 0.25) is 6.79 Å². The second-order valence-corrected chi connectivity index (χ2v) is 6.46. The Bertz CT molecular complexity index is 920. The van der Waals surface area contributed by atoms with Crippen LogP contribution in [0, 0.1) is 0 Å². The summed E-state index contributed by atoms with van der Waals surface area (Å²) in [5.74, 6) is 3.39. The van der Waals surface area contributed by atoms with Crippen molar-refractivity contribution in [1.29, 1.82) is 0 Å². The number of ether oxygens (including phenoxy) is 3. The molecule has 0 fully saturated rings. The lowest BCUT2D eigenvalue weighted by Crippen LogP contribution is -1.95. The zero-order chi connectivity index (χ0) is 15.2. The van der Waals surface area contributed by atoms with Gasteiger partial charge in [-0.3, -0.25) is 0 Å². The van der Waals surface area contributed by atoms with Gasteiger partial charge in [-0.1, -0.05) is 36.0 Å². The summed E-state index contributed by atoms with van der Waals surface area (Å²) in [4.78, 5) is 2.28. The lowest BCUT2D eigenvalue weighted by atomic mass is 10.0. The Kier molecular flexibility index (Phi) is 2.78. The summed E-state index contributed by atoms with van der Waals surface area (Å²) >= 11 is 1.74. The summed E-state index contributed by atoms with van der Waals surface area (Å²) in [6.07, 6.45) is 0. The Hall–Kier alpha value is -2.59. The van der Waals surface area contributed by atoms with E-state index in [-0.39, 0.29) is 0 Å². The molecule has 0 saturated carbocycles. The van der Waals surface area contributed by atoms with E-state index in [4.69, 9.17) is 14.2 Å². The highest BCUT2D eigenvalue weighted by Crippen LogP contribution is 2.48. The molecule has 3 nitrogen and oxygen atoms in total. The van der Waals surface area contributed by atoms with Crippen molar-refractivity contribution in [2.45, 2.75) is 9.79 Å². The number of hydrogen-bond acceptors (Lipinski definition) is 4. The first-order valence-electron chi connectivity index (χ1n) is 7.36. The quantitative estimate of drug-likeness (QED) is 0.473. The second kappa shape index (κ2) is 4.96. The smallest absolute Gasteiger partial charge is 0.231 e. The molecule has 2 aliphatic rings. The van der Waals surface area contributed by atoms with Crippen molar-refractivity contribution in [2.24, 2.45) is 0 Å². The van der Waals surface area contributed by atoms with Crippen LogP contribution in [0.1, 0.15) is 0 Å². The number of fused-ring (bicyclic) bond motifs is 3. The van der Waals surface area contributed by atoms with Crippen molar-refractivity contribution in [2.75, 3.05) is 6.79 Å². The monoisotopic (exact) mass is 320 g/mol. The Morgan fingerprint density at radius 2 is 1.39 bits per heavy atom. The number of para-hydroxylation sites is 1. The molecule has 3 aromatic carbocycles. The van der Waals surface area contributed by atoms with Gasteiger partial charge in [-0.25, -0.2) is 0 Å². The molecular formula is C19H12O3S. The first kappa shape index (κ1) is 12.9. The highest BCUT2D eigenvalue weighted by molar-refractivity contribution is 7.99. The van der Waals surface area contributed by atoms with E-state index in [2.05, 4.69) is 24.3 Å². The average Bonchev–Trinajstić information content (AvgIpc) is 3.07. The first-order valence-corrected chi connectivity index (χ1v) is 8.17. The zero-order valence-corrected chi connectivity index (χ0v) is 12.9. The molecular weight excluding hydrogens is 308 g/mol. The summed E-state index contributed by atoms with van der Waals surface area (Å²) in [5.41, 5.74) is 2.19. The predicted octanol–water partition coefficient (Wildman–Crippen LogP) is 5.34. The van der Waals surface area contributed by atoms with Crippen LogP contribution >= 0.6 is 11.8 Å². The third kappa shape index (κ3) is 2.14. The number of hydrogen-bond donors (Lipinski definition) is 0. The van der Waals surface area contributed by atoms with E-state index < -0.39 is 0 Å². The Morgan fingerprint density at radius 3 is 2.35 bits per heavy atom. The minimum atomic E-state index is 0.291. The lowest BCUT2D eigenvalue weighted by Gasteiger charge is -2.20. The van der Waals surface area contributed by atoms with Crippen LogP contribution < -0.4 is 14.2 Å². The fraction of sp³-hybridized carbons (Fsp3) is 0.0526. The molecule has 0 N–H and O–H groups in total. The Morgan fingerprint density at radius 1 is 0.652 bits per heavy atom. The van der Waals surface area contributed by atoms with Crippen LogP contribution in [0.5, 0.6) is 23.0 Å². The second-order valence-electron chi connectivity index (χ2n) is 5.38. The minimum absolute atomic E-state index is 0.291. The van der Waals surface area contributed by atoms with E-state index in [0.717, 1.165) is 43.9 Å². The topological polar surface area (TPSA) is 27.7 Å². The molecule has 2 heterocycles. The fourth-order valence-corrected chi connectivity index (χ4v) is 3.71. The molecule has 5 rings (SSSR count). The van der Waals surface area contributed by atoms with Crippen molar-refractivity contribution in [3.05, 3.63) is 60.7 Å². The molecule has 0 amide bonds. The molecule has 0 aliphatic carbocycles. The van der Waals surface area contributed by atoms with Crippen molar-refractivity contribution in [3.8, 4) is 34.1 Å². The maximum atomic E-state index is 6.06. The van der Waals surface area contributed by atoms with Crippen LogP contribution in [0.3, 0.4) is 0 Å². The first-order chi connectivity index (χ1) is 11.4. The van der Waals surface area contributed by atoms with Gasteiger partial charge >= 0.3 is 0 Å². The Labute approximate surface area is 137 Å². The molecule has 4 heteroatoms. The van der Waals surface area contributed by atoms with Crippen LogP contribution in [0.25, 0.3) is 11.1 Å². The Balaban J connectivity index is 1.55. The zero-order valence-electron chi connectivity index (χ0n) is 12.1. The summed E-state index contributed by atoms with van der Waals surface area (Å²) in [6.45, 7) is 0.291. The summed E-state index contributed by atoms with van der Waals surface area (Å²) in [5, 5.41) is 0. The molecule has 0 unspecified atom stereocenters. The lowest BCUT2D eigenvalue weighted by molar-refractivity contribution is 0.174. The van der Waals surface area contributed by atoms with Crippen LogP contribution in [0.15, 0.2) is 70.5 Å². The standard InChI is InChI=1S/C19H12O3S/c1-2-4-18-15(3-1)22-17-10-13(6-8-19(17)23-18)12-5-7-14-16(9-12)21-11-20-14/h1-10H,11H2. The van der Waals surface area contributed by atoms with Crippen molar-refractivity contribution >= 4 is 11.8 Å². The molecule has 23 heavy (non-hydrogen) atoms. The molecule has 0 aromatic heterocycles. The van der Waals surface area contributed by atoms with Crippen molar-refractivity contribution in [1.82, 2.24) is 0 Å². The summed E-state index contributed by atoms with van der Waals surface area (Å²) < 4.78 is 16.9. The van der Waals surface area contributed by atoms with E-state index in [1.807, 2.05) is 36.4 Å². The third-order valence-corrected chi connectivity index (χ3v) is 5.05. The van der Waals surface area contributed by atoms with Crippen LogP contribution in [-0.2, 0) is 0 Å². The SMILES string of the molecule is c1ccc2c(c1)Oc1cc(-c3ccc4c(c3)OCO4)ccc1S2. The van der Waals surface area contributed by atoms with Crippen molar-refractivity contribution < 1.29 is 14.2 Å². The van der Waals surface area contributed by atoms with Gasteiger partial charge in [-0.05, 0) is 47.5 Å². The number of benzene rings is 3. The van der Waals surface area contributed by atoms with Gasteiger partial charge in [0.05, 0.1) is 9.79 Å². The molecule has 0 saturated heterocycles. The molecule has 0 radical (unpaired) electrons. The highest BCUT2D eigenvalue weighted by atomic mass is 32.2. The largest absolute Gasteiger partial charge is 0.455 e. The average molecular weight is 320 g/mol. The van der Waals surface area contributed by atoms with E-state index in [1.165, 1.54) is 0 Å². The van der Waals surface area contributed by atoms with Gasteiger partial charge in [0, 0.05) is 0 Å². The van der Waals surface area contributed by atoms with Gasteiger partial charge < -0.3 is 14.2 Å². The molecule has 0 spiro atoms. The van der Waals surface area contributed by atoms with E-state index in [1.54, 1.807) is 11.8 Å². The highest BCUT2D eigenvalue weighted by Gasteiger charge is 2.19. The van der Waals surface area contributed by atoms with Gasteiger partial charge in [0.1, 0.15) is 11.5 Å². The van der Waals surface area contributed by atoms with Crippen molar-refractivity contribution in [3.63, 3.8) is 0 Å². The summed E-state index contributed by atoms with van der Waals surface area (Å²) in [7, 11) is 0. The van der Waals surface area contributed by atoms with Crippen LogP contribution in [0.4, 0.5) is 0 Å². The van der Waals surface area contributed by atoms with Gasteiger partial charge in [0.15, 0.2) is 11.5 Å². The molecule has 0 bridgehead atoms. The van der Waals surface area contributed by atoms with Crippen LogP contribution in [-0.4, -0.2) is 6.79 Å². The fourth-order valence-electron chi connectivity index (χ4n) is 2.78. The molecule has 3 aromatic rings. The van der Waals surface area contributed by atoms with Crippen LogP contribution in [0.2, 0.25) is 0 Å². The number of rotatable bonds is 1. The van der Waals surface area contributed by atoms with Gasteiger partial charge in [0.25, 0.3) is 0 Å². The maximum absolute atomic E-state index is 6.06. The van der Waals surface area contributed by atoms with E-state index in [0.29, 0.717) is 6.79 Å². The minimum Gasteiger partial charge on any atom is -0.455 e. The van der Waals surface area contributed by atoms with E-state index in [9.17, 15) is 0 Å². The predicted molar refractivity (Wildman–Crippen MR) is 88.6 cm³/mol. The maximum Gasteiger partial charge on any atom is 0.231 e. The third-order valence-electron chi connectivity index (χ3n) is 3.94. The molecule has 112 valence electrons. The van der Waals surface area contributed by atoms with Gasteiger partial charge in [-0.15, -0.1) is 0 Å². The van der Waals surface area contributed by atoms with Gasteiger partial charge in [-0.2, -0.15) is 0 Å². The molecule has 2 aliphatic heterocycles. The molecule has 0 atom stereocenters.